The molecule has 5 nitrogen and oxygen atoms in total. The van der Waals surface area contributed by atoms with E-state index < -0.39 is 11.6 Å². The predicted octanol–water partition coefficient (Wildman–Crippen LogP) is 2.11. The van der Waals surface area contributed by atoms with E-state index in [-0.39, 0.29) is 23.8 Å². The van der Waals surface area contributed by atoms with Gasteiger partial charge in [0.2, 0.25) is 0 Å². The molecule has 1 heterocycles. The van der Waals surface area contributed by atoms with Gasteiger partial charge in [0.1, 0.15) is 5.60 Å². The van der Waals surface area contributed by atoms with E-state index in [1.807, 2.05) is 20.8 Å². The lowest BCUT2D eigenvalue weighted by Crippen LogP contribution is -2.35. The van der Waals surface area contributed by atoms with E-state index in [1.54, 1.807) is 4.90 Å². The van der Waals surface area contributed by atoms with Gasteiger partial charge in [0.15, 0.2) is 0 Å². The van der Waals surface area contributed by atoms with Crippen LogP contribution in [0.2, 0.25) is 0 Å². The number of hydrogen-bond acceptors (Lipinski definition) is 3. The van der Waals surface area contributed by atoms with Gasteiger partial charge < -0.3 is 14.7 Å². The number of carbonyl (C=O) groups excluding carboxylic acids is 1. The number of ether oxygens (including phenoxy) is 1. The zero-order chi connectivity index (χ0) is 13.6. The van der Waals surface area contributed by atoms with Crippen molar-refractivity contribution in [3.05, 3.63) is 0 Å². The second-order valence-electron chi connectivity index (χ2n) is 6.52. The fourth-order valence-electron chi connectivity index (χ4n) is 2.72. The zero-order valence-corrected chi connectivity index (χ0v) is 11.2. The minimum absolute atomic E-state index is 0.0648. The molecule has 0 radical (unpaired) electrons. The van der Waals surface area contributed by atoms with Crippen LogP contribution in [0.4, 0.5) is 4.79 Å². The average Bonchev–Trinajstić information content (AvgIpc) is 2.83. The number of carboxylic acid groups (broad SMARTS) is 1. The Balaban J connectivity index is 1.97. The molecule has 2 aliphatic rings. The number of amides is 1. The molecule has 1 saturated carbocycles. The molecule has 18 heavy (non-hydrogen) atoms. The molecule has 0 aromatic carbocycles. The van der Waals surface area contributed by atoms with E-state index in [4.69, 9.17) is 9.84 Å². The Kier molecular flexibility index (Phi) is 3.03. The van der Waals surface area contributed by atoms with Crippen LogP contribution in [0, 0.1) is 11.3 Å². The van der Waals surface area contributed by atoms with Crippen LogP contribution in [-0.4, -0.2) is 40.8 Å². The number of aliphatic carboxylic acids is 1. The quantitative estimate of drug-likeness (QED) is 0.820. The first-order chi connectivity index (χ1) is 8.22. The Hall–Kier alpha value is -1.26. The van der Waals surface area contributed by atoms with Gasteiger partial charge in [-0.3, -0.25) is 4.79 Å². The highest BCUT2D eigenvalue weighted by molar-refractivity contribution is 5.70. The summed E-state index contributed by atoms with van der Waals surface area (Å²) in [5.74, 6) is -0.695. The molecule has 1 aliphatic heterocycles. The molecule has 1 aliphatic carbocycles. The topological polar surface area (TPSA) is 66.8 Å². The summed E-state index contributed by atoms with van der Waals surface area (Å²) < 4.78 is 5.34. The highest BCUT2D eigenvalue weighted by Crippen LogP contribution is 2.57. The summed E-state index contributed by atoms with van der Waals surface area (Å²) in [4.78, 5) is 24.5. The summed E-state index contributed by atoms with van der Waals surface area (Å²) in [6, 6.07) is 0. The van der Waals surface area contributed by atoms with Gasteiger partial charge in [-0.1, -0.05) is 0 Å². The first kappa shape index (κ1) is 13.2. The highest BCUT2D eigenvalue weighted by atomic mass is 16.6. The maximum atomic E-state index is 12.0. The van der Waals surface area contributed by atoms with Crippen molar-refractivity contribution in [3.63, 3.8) is 0 Å². The van der Waals surface area contributed by atoms with E-state index in [0.29, 0.717) is 13.1 Å². The first-order valence-corrected chi connectivity index (χ1v) is 6.42. The highest BCUT2D eigenvalue weighted by Gasteiger charge is 2.56. The predicted molar refractivity (Wildman–Crippen MR) is 65.2 cm³/mol. The smallest absolute Gasteiger partial charge is 0.410 e. The maximum absolute atomic E-state index is 12.0. The molecule has 1 unspecified atom stereocenters. The fraction of sp³-hybridized carbons (Fsp3) is 0.846. The standard InChI is InChI=1S/C13H21NO4/c1-12(2,3)18-11(17)14-7-9(6-10(15)16)13(8-14)4-5-13/h9H,4-8H2,1-3H3,(H,15,16). The molecule has 2 fully saturated rings. The van der Waals surface area contributed by atoms with Crippen LogP contribution >= 0.6 is 0 Å². The van der Waals surface area contributed by atoms with Crippen LogP contribution in [0.1, 0.15) is 40.0 Å². The largest absolute Gasteiger partial charge is 0.481 e. The van der Waals surface area contributed by atoms with E-state index in [0.717, 1.165) is 12.8 Å². The molecule has 5 heteroatoms. The number of carbonyl (C=O) groups is 2. The third-order valence-corrected chi connectivity index (χ3v) is 3.78. The summed E-state index contributed by atoms with van der Waals surface area (Å²) in [7, 11) is 0. The molecule has 1 spiro atoms. The molecule has 2 rings (SSSR count). The van der Waals surface area contributed by atoms with Crippen molar-refractivity contribution in [2.24, 2.45) is 11.3 Å². The van der Waals surface area contributed by atoms with E-state index in [9.17, 15) is 9.59 Å². The number of rotatable bonds is 2. The van der Waals surface area contributed by atoms with Crippen LogP contribution in [0.25, 0.3) is 0 Å². The minimum atomic E-state index is -0.780. The van der Waals surface area contributed by atoms with Gasteiger partial charge in [0, 0.05) is 13.1 Å². The Labute approximate surface area is 107 Å². The van der Waals surface area contributed by atoms with Gasteiger partial charge in [-0.25, -0.2) is 4.79 Å². The van der Waals surface area contributed by atoms with Crippen LogP contribution in [-0.2, 0) is 9.53 Å². The number of nitrogens with zero attached hydrogens (tertiary/aromatic N) is 1. The Morgan fingerprint density at radius 3 is 2.44 bits per heavy atom. The summed E-state index contributed by atoms with van der Waals surface area (Å²) >= 11 is 0. The Morgan fingerprint density at radius 2 is 2.00 bits per heavy atom. The lowest BCUT2D eigenvalue weighted by molar-refractivity contribution is -0.138. The molecule has 0 aromatic rings. The Bertz CT molecular complexity index is 368. The normalized spacial score (nSPS) is 25.3. The molecule has 1 atom stereocenters. The van der Waals surface area contributed by atoms with Crippen molar-refractivity contribution in [1.82, 2.24) is 4.90 Å². The molecular weight excluding hydrogens is 234 g/mol. The molecule has 1 N–H and O–H groups in total. The SMILES string of the molecule is CC(C)(C)OC(=O)N1CC(CC(=O)O)C2(CC2)C1. The number of likely N-dealkylation sites (tertiary alicyclic amines) is 1. The van der Waals surface area contributed by atoms with Gasteiger partial charge in [0.05, 0.1) is 6.42 Å². The van der Waals surface area contributed by atoms with E-state index in [1.165, 1.54) is 0 Å². The zero-order valence-electron chi connectivity index (χ0n) is 11.2. The van der Waals surface area contributed by atoms with Crippen molar-refractivity contribution < 1.29 is 19.4 Å². The van der Waals surface area contributed by atoms with E-state index in [2.05, 4.69) is 0 Å². The summed E-state index contributed by atoms with van der Waals surface area (Å²) in [6.07, 6.45) is 1.90. The molecule has 102 valence electrons. The molecule has 1 amide bonds. The second-order valence-corrected chi connectivity index (χ2v) is 6.52. The molecule has 1 saturated heterocycles. The second kappa shape index (κ2) is 4.14. The third-order valence-electron chi connectivity index (χ3n) is 3.78. The van der Waals surface area contributed by atoms with Gasteiger partial charge >= 0.3 is 12.1 Å². The summed E-state index contributed by atoms with van der Waals surface area (Å²) in [6.45, 7) is 6.68. The molecule has 0 bridgehead atoms. The van der Waals surface area contributed by atoms with Gasteiger partial charge in [-0.05, 0) is 44.9 Å². The lowest BCUT2D eigenvalue weighted by atomic mass is 9.90. The van der Waals surface area contributed by atoms with Crippen LogP contribution < -0.4 is 0 Å². The van der Waals surface area contributed by atoms with Crippen molar-refractivity contribution >= 4 is 12.1 Å². The van der Waals surface area contributed by atoms with Gasteiger partial charge in [-0.15, -0.1) is 0 Å². The average molecular weight is 255 g/mol. The van der Waals surface area contributed by atoms with Crippen LogP contribution in [0.3, 0.4) is 0 Å². The summed E-state index contributed by atoms with van der Waals surface area (Å²) in [5.41, 5.74) is -0.437. The molecular formula is C13H21NO4. The lowest BCUT2D eigenvalue weighted by Gasteiger charge is -2.24. The summed E-state index contributed by atoms with van der Waals surface area (Å²) in [5, 5.41) is 8.91. The van der Waals surface area contributed by atoms with Gasteiger partial charge in [0.25, 0.3) is 0 Å². The number of hydrogen-bond donors (Lipinski definition) is 1. The van der Waals surface area contributed by atoms with Crippen LogP contribution in [0.15, 0.2) is 0 Å². The number of carboxylic acids is 1. The van der Waals surface area contributed by atoms with Crippen LogP contribution in [0.5, 0.6) is 0 Å². The monoisotopic (exact) mass is 255 g/mol. The maximum Gasteiger partial charge on any atom is 0.410 e. The fourth-order valence-corrected chi connectivity index (χ4v) is 2.72. The van der Waals surface area contributed by atoms with Crippen molar-refractivity contribution in [3.8, 4) is 0 Å². The van der Waals surface area contributed by atoms with Crippen molar-refractivity contribution in [2.45, 2.75) is 45.6 Å². The first-order valence-electron chi connectivity index (χ1n) is 6.42. The Morgan fingerprint density at radius 1 is 1.39 bits per heavy atom. The van der Waals surface area contributed by atoms with Crippen molar-refractivity contribution in [1.29, 1.82) is 0 Å². The van der Waals surface area contributed by atoms with Crippen molar-refractivity contribution in [2.75, 3.05) is 13.1 Å². The third kappa shape index (κ3) is 2.76. The van der Waals surface area contributed by atoms with E-state index >= 15 is 0 Å². The minimum Gasteiger partial charge on any atom is -0.481 e. The molecule has 0 aromatic heterocycles. The van der Waals surface area contributed by atoms with Gasteiger partial charge in [-0.2, -0.15) is 0 Å².